The van der Waals surface area contributed by atoms with Gasteiger partial charge in [0.2, 0.25) is 5.91 Å². The summed E-state index contributed by atoms with van der Waals surface area (Å²) in [6, 6.07) is 21.6. The molecule has 4 aromatic rings. The summed E-state index contributed by atoms with van der Waals surface area (Å²) in [5.74, 6) is 0.110. The Morgan fingerprint density at radius 3 is 2.42 bits per heavy atom. The topological polar surface area (TPSA) is 67.9 Å². The first kappa shape index (κ1) is 25.5. The number of amides is 2. The zero-order chi connectivity index (χ0) is 26.5. The zero-order valence-electron chi connectivity index (χ0n) is 20.9. The number of thiophene rings is 1. The van der Waals surface area contributed by atoms with Crippen LogP contribution in [-0.2, 0) is 17.9 Å². The van der Waals surface area contributed by atoms with Crippen molar-refractivity contribution in [2.24, 2.45) is 0 Å². The van der Waals surface area contributed by atoms with Gasteiger partial charge in [0, 0.05) is 17.0 Å². The van der Waals surface area contributed by atoms with Crippen LogP contribution in [0.3, 0.4) is 0 Å². The van der Waals surface area contributed by atoms with E-state index >= 15 is 0 Å². The van der Waals surface area contributed by atoms with E-state index in [4.69, 9.17) is 9.47 Å². The van der Waals surface area contributed by atoms with Crippen LogP contribution in [0.2, 0.25) is 0 Å². The number of ether oxygens (including phenoxy) is 2. The van der Waals surface area contributed by atoms with Crippen molar-refractivity contribution in [3.8, 4) is 11.5 Å². The van der Waals surface area contributed by atoms with Gasteiger partial charge in [0.1, 0.15) is 25.1 Å². The minimum absolute atomic E-state index is 0.201. The first-order valence-electron chi connectivity index (χ1n) is 12.3. The van der Waals surface area contributed by atoms with Gasteiger partial charge in [0.15, 0.2) is 11.5 Å². The van der Waals surface area contributed by atoms with Crippen LogP contribution in [-0.4, -0.2) is 29.9 Å². The SMILES string of the molecule is Cc1ccc(C(C(=O)NCc2ccc(F)cc2)N(Cc2cccs2)C(=O)c2ccc3c(c2)OCCO3)cc1. The summed E-state index contributed by atoms with van der Waals surface area (Å²) in [4.78, 5) is 30.4. The molecule has 0 radical (unpaired) electrons. The molecule has 8 heteroatoms. The van der Waals surface area contributed by atoms with E-state index in [1.807, 2.05) is 48.7 Å². The lowest BCUT2D eigenvalue weighted by Crippen LogP contribution is -2.43. The lowest BCUT2D eigenvalue weighted by atomic mass is 10.0. The third-order valence-electron chi connectivity index (χ3n) is 6.29. The quantitative estimate of drug-likeness (QED) is 0.319. The second-order valence-corrected chi connectivity index (χ2v) is 10.1. The number of rotatable bonds is 8. The Kier molecular flexibility index (Phi) is 7.70. The molecule has 2 heterocycles. The summed E-state index contributed by atoms with van der Waals surface area (Å²) < 4.78 is 24.7. The van der Waals surface area contributed by atoms with Gasteiger partial charge in [0.25, 0.3) is 5.91 Å². The van der Waals surface area contributed by atoms with Gasteiger partial charge in [-0.1, -0.05) is 48.0 Å². The highest BCUT2D eigenvalue weighted by molar-refractivity contribution is 7.09. The molecular weight excluding hydrogens is 503 g/mol. The van der Waals surface area contributed by atoms with Gasteiger partial charge >= 0.3 is 0 Å². The van der Waals surface area contributed by atoms with E-state index in [2.05, 4.69) is 5.32 Å². The molecule has 194 valence electrons. The highest BCUT2D eigenvalue weighted by Crippen LogP contribution is 2.33. The summed E-state index contributed by atoms with van der Waals surface area (Å²) >= 11 is 1.52. The van der Waals surface area contributed by atoms with Crippen molar-refractivity contribution < 1.29 is 23.5 Å². The molecule has 1 unspecified atom stereocenters. The van der Waals surface area contributed by atoms with E-state index in [1.165, 1.54) is 23.5 Å². The molecule has 1 aliphatic heterocycles. The highest BCUT2D eigenvalue weighted by Gasteiger charge is 2.33. The van der Waals surface area contributed by atoms with Gasteiger partial charge in [-0.3, -0.25) is 9.59 Å². The number of nitrogens with zero attached hydrogens (tertiary/aromatic N) is 1. The summed E-state index contributed by atoms with van der Waals surface area (Å²) in [7, 11) is 0. The summed E-state index contributed by atoms with van der Waals surface area (Å²) in [5, 5.41) is 4.89. The Morgan fingerprint density at radius 1 is 0.974 bits per heavy atom. The smallest absolute Gasteiger partial charge is 0.255 e. The van der Waals surface area contributed by atoms with Gasteiger partial charge < -0.3 is 19.7 Å². The molecule has 2 amide bonds. The number of carbonyl (C=O) groups is 2. The zero-order valence-corrected chi connectivity index (χ0v) is 21.7. The second kappa shape index (κ2) is 11.5. The molecule has 1 aliphatic rings. The molecule has 38 heavy (non-hydrogen) atoms. The number of nitrogens with one attached hydrogen (secondary N) is 1. The van der Waals surface area contributed by atoms with Crippen molar-refractivity contribution in [3.63, 3.8) is 0 Å². The number of aryl methyl sites for hydroxylation is 1. The maximum absolute atomic E-state index is 14.1. The predicted molar refractivity (Wildman–Crippen MR) is 144 cm³/mol. The van der Waals surface area contributed by atoms with Crippen LogP contribution in [0.1, 0.15) is 38.0 Å². The average molecular weight is 531 g/mol. The van der Waals surface area contributed by atoms with Crippen molar-refractivity contribution >= 4 is 23.2 Å². The Balaban J connectivity index is 1.50. The number of carbonyl (C=O) groups excluding carboxylic acids is 2. The normalized spacial score (nSPS) is 13.0. The molecule has 0 aliphatic carbocycles. The number of hydrogen-bond donors (Lipinski definition) is 1. The fraction of sp³-hybridized carbons (Fsp3) is 0.200. The van der Waals surface area contributed by atoms with E-state index in [-0.39, 0.29) is 30.7 Å². The lowest BCUT2D eigenvalue weighted by Gasteiger charge is -2.31. The van der Waals surface area contributed by atoms with Crippen LogP contribution in [0.4, 0.5) is 4.39 Å². The molecular formula is C30H27FN2O4S. The Morgan fingerprint density at radius 2 is 1.71 bits per heavy atom. The van der Waals surface area contributed by atoms with Gasteiger partial charge in [-0.25, -0.2) is 4.39 Å². The van der Waals surface area contributed by atoms with Gasteiger partial charge in [-0.05, 0) is 59.8 Å². The maximum Gasteiger partial charge on any atom is 0.255 e. The maximum atomic E-state index is 14.1. The summed E-state index contributed by atoms with van der Waals surface area (Å²) in [5.41, 5.74) is 2.89. The van der Waals surface area contributed by atoms with E-state index in [9.17, 15) is 14.0 Å². The number of fused-ring (bicyclic) bond motifs is 1. The van der Waals surface area contributed by atoms with E-state index in [0.717, 1.165) is 16.0 Å². The average Bonchev–Trinajstić information content (AvgIpc) is 3.46. The van der Waals surface area contributed by atoms with Gasteiger partial charge in [-0.15, -0.1) is 11.3 Å². The number of benzene rings is 3. The molecule has 1 aromatic heterocycles. The third-order valence-corrected chi connectivity index (χ3v) is 7.15. The molecule has 0 bridgehead atoms. The van der Waals surface area contributed by atoms with Crippen molar-refractivity contribution in [1.82, 2.24) is 10.2 Å². The summed E-state index contributed by atoms with van der Waals surface area (Å²) in [6.45, 7) is 3.27. The molecule has 0 spiro atoms. The van der Waals surface area contributed by atoms with E-state index in [1.54, 1.807) is 35.2 Å². The molecule has 1 atom stereocenters. The minimum atomic E-state index is -0.904. The second-order valence-electron chi connectivity index (χ2n) is 9.03. The highest BCUT2D eigenvalue weighted by atomic mass is 32.1. The van der Waals surface area contributed by atoms with Crippen molar-refractivity contribution in [3.05, 3.63) is 117 Å². The molecule has 1 N–H and O–H groups in total. The monoisotopic (exact) mass is 530 g/mol. The lowest BCUT2D eigenvalue weighted by molar-refractivity contribution is -0.126. The third kappa shape index (κ3) is 5.86. The predicted octanol–water partition coefficient (Wildman–Crippen LogP) is 5.67. The van der Waals surface area contributed by atoms with Crippen LogP contribution in [0, 0.1) is 12.7 Å². The molecule has 0 saturated heterocycles. The van der Waals surface area contributed by atoms with Crippen LogP contribution >= 0.6 is 11.3 Å². The number of halogens is 1. The largest absolute Gasteiger partial charge is 0.486 e. The van der Waals surface area contributed by atoms with Gasteiger partial charge in [0.05, 0.1) is 6.54 Å². The Bertz CT molecular complexity index is 1410. The van der Waals surface area contributed by atoms with Crippen LogP contribution < -0.4 is 14.8 Å². The molecule has 0 fully saturated rings. The Labute approximate surface area is 224 Å². The van der Waals surface area contributed by atoms with Crippen LogP contribution in [0.15, 0.2) is 84.2 Å². The molecule has 0 saturated carbocycles. The summed E-state index contributed by atoms with van der Waals surface area (Å²) in [6.07, 6.45) is 0. The Hall–Kier alpha value is -4.17. The van der Waals surface area contributed by atoms with E-state index < -0.39 is 6.04 Å². The molecule has 3 aromatic carbocycles. The van der Waals surface area contributed by atoms with Crippen LogP contribution in [0.25, 0.3) is 0 Å². The van der Waals surface area contributed by atoms with Crippen molar-refractivity contribution in [1.29, 1.82) is 0 Å². The number of hydrogen-bond acceptors (Lipinski definition) is 5. The fourth-order valence-electron chi connectivity index (χ4n) is 4.30. The molecule has 6 nitrogen and oxygen atoms in total. The standard InChI is InChI=1S/C30H27FN2O4S/c1-20-4-8-22(9-5-20)28(29(34)32-18-21-6-11-24(31)12-7-21)33(19-25-3-2-16-38-25)30(35)23-10-13-26-27(17-23)37-15-14-36-26/h2-13,16-17,28H,14-15,18-19H2,1H3,(H,32,34). The van der Waals surface area contributed by atoms with Crippen molar-refractivity contribution in [2.75, 3.05) is 13.2 Å². The van der Waals surface area contributed by atoms with Crippen molar-refractivity contribution in [2.45, 2.75) is 26.1 Å². The molecule has 5 rings (SSSR count). The van der Waals surface area contributed by atoms with Crippen LogP contribution in [0.5, 0.6) is 11.5 Å². The first-order chi connectivity index (χ1) is 18.5. The minimum Gasteiger partial charge on any atom is -0.486 e. The van der Waals surface area contributed by atoms with E-state index in [0.29, 0.717) is 35.8 Å². The van der Waals surface area contributed by atoms with Gasteiger partial charge in [-0.2, -0.15) is 0 Å². The first-order valence-corrected chi connectivity index (χ1v) is 13.2. The fourth-order valence-corrected chi connectivity index (χ4v) is 5.01.